The maximum atomic E-state index is 14.4. The molecule has 0 bridgehead atoms. The molecule has 0 aliphatic rings. The minimum atomic E-state index is -4.20. The van der Waals surface area contributed by atoms with Crippen molar-refractivity contribution in [1.82, 2.24) is 10.2 Å². The summed E-state index contributed by atoms with van der Waals surface area (Å²) in [6.45, 7) is 5.17. The standard InChI is InChI=1S/C34H36ClN3O4S/c1-24-10-15-28(16-11-24)22-37(32(34(40)36-4)20-27-8-6-5-7-9-27)33(39)23-38(31-21-29(35)17-14-26(31)3)43(41,42)30-18-12-25(2)13-19-30/h5-19,21,32H,20,22-23H2,1-4H3,(H,36,40)/t32-/m0/s1. The van der Waals surface area contributed by atoms with E-state index in [1.807, 2.05) is 68.4 Å². The smallest absolute Gasteiger partial charge is 0.264 e. The number of sulfonamides is 1. The molecule has 1 N–H and O–H groups in total. The number of benzene rings is 4. The van der Waals surface area contributed by atoms with E-state index in [1.54, 1.807) is 37.3 Å². The highest BCUT2D eigenvalue weighted by Crippen LogP contribution is 2.30. The lowest BCUT2D eigenvalue weighted by atomic mass is 10.0. The minimum Gasteiger partial charge on any atom is -0.357 e. The number of halogens is 1. The molecule has 0 aliphatic carbocycles. The SMILES string of the molecule is CNC(=O)[C@H](Cc1ccccc1)N(Cc1ccc(C)cc1)C(=O)CN(c1cc(Cl)ccc1C)S(=O)(=O)c1ccc(C)cc1. The lowest BCUT2D eigenvalue weighted by molar-refractivity contribution is -0.139. The Labute approximate surface area is 259 Å². The third-order valence-electron chi connectivity index (χ3n) is 7.32. The van der Waals surface area contributed by atoms with Crippen LogP contribution in [-0.2, 0) is 32.6 Å². The summed E-state index contributed by atoms with van der Waals surface area (Å²) >= 11 is 6.33. The molecule has 9 heteroatoms. The molecular formula is C34H36ClN3O4S. The third-order valence-corrected chi connectivity index (χ3v) is 9.33. The van der Waals surface area contributed by atoms with E-state index < -0.39 is 28.5 Å². The van der Waals surface area contributed by atoms with E-state index in [-0.39, 0.29) is 29.5 Å². The zero-order valence-corrected chi connectivity index (χ0v) is 26.3. The Kier molecular flexibility index (Phi) is 10.3. The molecule has 2 amide bonds. The van der Waals surface area contributed by atoms with E-state index in [0.29, 0.717) is 10.6 Å². The zero-order valence-electron chi connectivity index (χ0n) is 24.7. The molecule has 43 heavy (non-hydrogen) atoms. The maximum absolute atomic E-state index is 14.4. The van der Waals surface area contributed by atoms with Crippen LogP contribution in [0.4, 0.5) is 5.69 Å². The highest BCUT2D eigenvalue weighted by atomic mass is 35.5. The first kappa shape index (κ1) is 31.8. The van der Waals surface area contributed by atoms with Crippen LogP contribution in [0.1, 0.15) is 27.8 Å². The number of anilines is 1. The molecule has 1 atom stereocenters. The zero-order chi connectivity index (χ0) is 31.1. The van der Waals surface area contributed by atoms with Crippen LogP contribution in [0.25, 0.3) is 0 Å². The van der Waals surface area contributed by atoms with Crippen molar-refractivity contribution in [2.75, 3.05) is 17.9 Å². The van der Waals surface area contributed by atoms with Gasteiger partial charge in [0.1, 0.15) is 12.6 Å². The van der Waals surface area contributed by atoms with Gasteiger partial charge in [0.2, 0.25) is 11.8 Å². The van der Waals surface area contributed by atoms with Gasteiger partial charge >= 0.3 is 0 Å². The molecule has 0 aliphatic heterocycles. The highest BCUT2D eigenvalue weighted by Gasteiger charge is 2.34. The first-order valence-corrected chi connectivity index (χ1v) is 15.8. The van der Waals surface area contributed by atoms with Gasteiger partial charge in [0.15, 0.2) is 0 Å². The molecule has 4 aromatic carbocycles. The van der Waals surface area contributed by atoms with Crippen LogP contribution in [0, 0.1) is 20.8 Å². The number of carbonyl (C=O) groups excluding carboxylic acids is 2. The summed E-state index contributed by atoms with van der Waals surface area (Å²) in [5.41, 5.74) is 4.56. The number of nitrogens with one attached hydrogen (secondary N) is 1. The Balaban J connectivity index is 1.81. The van der Waals surface area contributed by atoms with Crippen LogP contribution in [0.3, 0.4) is 0 Å². The molecule has 0 unspecified atom stereocenters. The summed E-state index contributed by atoms with van der Waals surface area (Å²) in [6.07, 6.45) is 0.249. The molecule has 7 nitrogen and oxygen atoms in total. The summed E-state index contributed by atoms with van der Waals surface area (Å²) < 4.78 is 29.4. The second kappa shape index (κ2) is 13.9. The second-order valence-electron chi connectivity index (χ2n) is 10.6. The van der Waals surface area contributed by atoms with Crippen LogP contribution in [-0.4, -0.2) is 44.8 Å². The summed E-state index contributed by atoms with van der Waals surface area (Å²) in [5.74, 6) is -0.878. The van der Waals surface area contributed by atoms with Crippen molar-refractivity contribution in [3.8, 4) is 0 Å². The molecule has 4 aromatic rings. The highest BCUT2D eigenvalue weighted by molar-refractivity contribution is 7.92. The summed E-state index contributed by atoms with van der Waals surface area (Å²) in [5, 5.41) is 3.03. The topological polar surface area (TPSA) is 86.8 Å². The first-order chi connectivity index (χ1) is 20.5. The van der Waals surface area contributed by atoms with Gasteiger partial charge in [-0.15, -0.1) is 0 Å². The van der Waals surface area contributed by atoms with Crippen LogP contribution in [0.2, 0.25) is 5.02 Å². The van der Waals surface area contributed by atoms with E-state index >= 15 is 0 Å². The van der Waals surface area contributed by atoms with Gasteiger partial charge in [-0.25, -0.2) is 8.42 Å². The van der Waals surface area contributed by atoms with Gasteiger partial charge in [-0.2, -0.15) is 0 Å². The van der Waals surface area contributed by atoms with Crippen molar-refractivity contribution in [1.29, 1.82) is 0 Å². The Morgan fingerprint density at radius 2 is 1.42 bits per heavy atom. The molecule has 0 saturated heterocycles. The monoisotopic (exact) mass is 617 g/mol. The Hall–Kier alpha value is -4.14. The minimum absolute atomic E-state index is 0.0440. The average Bonchev–Trinajstić information content (AvgIpc) is 3.00. The molecule has 0 aromatic heterocycles. The van der Waals surface area contributed by atoms with Gasteiger partial charge in [-0.05, 0) is 61.7 Å². The van der Waals surface area contributed by atoms with E-state index in [4.69, 9.17) is 11.6 Å². The molecule has 4 rings (SSSR count). The number of carbonyl (C=O) groups is 2. The average molecular weight is 618 g/mol. The molecule has 0 spiro atoms. The fourth-order valence-electron chi connectivity index (χ4n) is 4.81. The summed E-state index contributed by atoms with van der Waals surface area (Å²) in [6, 6.07) is 27.6. The van der Waals surface area contributed by atoms with Crippen molar-refractivity contribution >= 4 is 39.1 Å². The van der Waals surface area contributed by atoms with Crippen molar-refractivity contribution in [2.45, 2.75) is 44.7 Å². The predicted octanol–water partition coefficient (Wildman–Crippen LogP) is 5.85. The largest absolute Gasteiger partial charge is 0.357 e. The number of amides is 2. The van der Waals surface area contributed by atoms with E-state index in [1.165, 1.54) is 24.1 Å². The molecule has 224 valence electrons. The fourth-order valence-corrected chi connectivity index (χ4v) is 6.45. The van der Waals surface area contributed by atoms with Crippen molar-refractivity contribution in [3.05, 3.63) is 130 Å². The van der Waals surface area contributed by atoms with Crippen LogP contribution >= 0.6 is 11.6 Å². The van der Waals surface area contributed by atoms with Gasteiger partial charge in [0.05, 0.1) is 10.6 Å². The van der Waals surface area contributed by atoms with Gasteiger partial charge < -0.3 is 10.2 Å². The Bertz CT molecular complexity index is 1680. The van der Waals surface area contributed by atoms with Crippen molar-refractivity contribution in [2.24, 2.45) is 0 Å². The van der Waals surface area contributed by atoms with E-state index in [9.17, 15) is 18.0 Å². The third kappa shape index (κ3) is 7.83. The van der Waals surface area contributed by atoms with Crippen molar-refractivity contribution < 1.29 is 18.0 Å². The molecule has 0 heterocycles. The van der Waals surface area contributed by atoms with Crippen LogP contribution < -0.4 is 9.62 Å². The second-order valence-corrected chi connectivity index (χ2v) is 12.9. The van der Waals surface area contributed by atoms with Crippen molar-refractivity contribution in [3.63, 3.8) is 0 Å². The number of hydrogen-bond donors (Lipinski definition) is 1. The normalized spacial score (nSPS) is 11.9. The Morgan fingerprint density at radius 3 is 2.02 bits per heavy atom. The molecule has 0 radical (unpaired) electrons. The van der Waals surface area contributed by atoms with Gasteiger partial charge in [0, 0.05) is 25.0 Å². The Morgan fingerprint density at radius 1 is 0.814 bits per heavy atom. The van der Waals surface area contributed by atoms with E-state index in [2.05, 4.69) is 5.32 Å². The van der Waals surface area contributed by atoms with Crippen LogP contribution in [0.15, 0.2) is 102 Å². The lowest BCUT2D eigenvalue weighted by Gasteiger charge is -2.34. The quantitative estimate of drug-likeness (QED) is 0.229. The fraction of sp³-hybridized carbons (Fsp3) is 0.235. The van der Waals surface area contributed by atoms with Gasteiger partial charge in [0.25, 0.3) is 10.0 Å². The van der Waals surface area contributed by atoms with Gasteiger partial charge in [-0.1, -0.05) is 95.5 Å². The number of hydrogen-bond acceptors (Lipinski definition) is 4. The molecule has 0 fully saturated rings. The number of nitrogens with zero attached hydrogens (tertiary/aromatic N) is 2. The van der Waals surface area contributed by atoms with E-state index in [0.717, 1.165) is 26.6 Å². The number of likely N-dealkylation sites (N-methyl/N-ethyl adjacent to an activating group) is 1. The number of aryl methyl sites for hydroxylation is 3. The maximum Gasteiger partial charge on any atom is 0.264 e. The predicted molar refractivity (Wildman–Crippen MR) is 172 cm³/mol. The molecular weight excluding hydrogens is 582 g/mol. The number of rotatable bonds is 11. The summed E-state index contributed by atoms with van der Waals surface area (Å²) in [4.78, 5) is 29.3. The lowest BCUT2D eigenvalue weighted by Crippen LogP contribution is -2.53. The first-order valence-electron chi connectivity index (χ1n) is 14.0. The molecule has 0 saturated carbocycles. The van der Waals surface area contributed by atoms with Crippen LogP contribution in [0.5, 0.6) is 0 Å². The van der Waals surface area contributed by atoms with Gasteiger partial charge in [-0.3, -0.25) is 13.9 Å². The summed E-state index contributed by atoms with van der Waals surface area (Å²) in [7, 11) is -2.67.